The number of hydrogen-bond acceptors (Lipinski definition) is 6. The predicted molar refractivity (Wildman–Crippen MR) is 116 cm³/mol. The number of thiazole rings is 1. The van der Waals surface area contributed by atoms with E-state index >= 15 is 0 Å². The molecular weight excluding hydrogens is 410 g/mol. The van der Waals surface area contributed by atoms with Crippen molar-refractivity contribution in [2.24, 2.45) is 0 Å². The van der Waals surface area contributed by atoms with Gasteiger partial charge in [-0.2, -0.15) is 4.31 Å². The number of rotatable bonds is 5. The number of ether oxygens (including phenoxy) is 1. The molecule has 9 heteroatoms. The highest BCUT2D eigenvalue weighted by Crippen LogP contribution is 2.26. The van der Waals surface area contributed by atoms with Gasteiger partial charge in [0.2, 0.25) is 10.0 Å². The van der Waals surface area contributed by atoms with E-state index in [-0.39, 0.29) is 9.77 Å². The van der Waals surface area contributed by atoms with Crippen LogP contribution < -0.4 is 14.5 Å². The second kappa shape index (κ2) is 7.81. The van der Waals surface area contributed by atoms with Crippen molar-refractivity contribution in [3.05, 3.63) is 52.1 Å². The maximum absolute atomic E-state index is 13.1. The molecule has 0 radical (unpaired) electrons. The molecule has 1 saturated heterocycles. The molecule has 4 rings (SSSR count). The minimum atomic E-state index is -3.60. The van der Waals surface area contributed by atoms with Gasteiger partial charge < -0.3 is 9.64 Å². The molecule has 1 aromatic heterocycles. The number of anilines is 1. The third-order valence-electron chi connectivity index (χ3n) is 5.25. The van der Waals surface area contributed by atoms with Crippen LogP contribution in [0.3, 0.4) is 0 Å². The van der Waals surface area contributed by atoms with Crippen LogP contribution in [-0.4, -0.2) is 50.6 Å². The highest BCUT2D eigenvalue weighted by molar-refractivity contribution is 7.89. The number of aromatic nitrogens is 1. The summed E-state index contributed by atoms with van der Waals surface area (Å²) >= 11 is 1.09. The number of methoxy groups -OCH3 is 1. The summed E-state index contributed by atoms with van der Waals surface area (Å²) in [4.78, 5) is 14.4. The van der Waals surface area contributed by atoms with Crippen LogP contribution in [0.4, 0.5) is 5.69 Å². The fraction of sp³-hybridized carbons (Fsp3) is 0.350. The summed E-state index contributed by atoms with van der Waals surface area (Å²) in [5.74, 6) is 0.781. The Balaban J connectivity index is 1.54. The molecule has 0 bridgehead atoms. The number of piperazine rings is 1. The van der Waals surface area contributed by atoms with Crippen LogP contribution in [0.15, 0.2) is 52.2 Å². The molecule has 0 saturated carbocycles. The summed E-state index contributed by atoms with van der Waals surface area (Å²) in [6.45, 7) is 4.49. The molecule has 0 spiro atoms. The Kier molecular flexibility index (Phi) is 5.37. The average molecular weight is 434 g/mol. The van der Waals surface area contributed by atoms with Gasteiger partial charge in [0.25, 0.3) is 0 Å². The molecule has 0 amide bonds. The lowest BCUT2D eigenvalue weighted by Gasteiger charge is -2.35. The summed E-state index contributed by atoms with van der Waals surface area (Å²) in [6.07, 6.45) is 0. The second-order valence-corrected chi connectivity index (χ2v) is 9.77. The third-order valence-corrected chi connectivity index (χ3v) is 8.09. The van der Waals surface area contributed by atoms with Crippen molar-refractivity contribution in [3.63, 3.8) is 0 Å². The molecule has 0 N–H and O–H groups in total. The molecular formula is C20H23N3O4S2. The van der Waals surface area contributed by atoms with Crippen molar-refractivity contribution in [2.45, 2.75) is 18.4 Å². The molecule has 1 aliphatic heterocycles. The quantitative estimate of drug-likeness (QED) is 0.619. The number of fused-ring (bicyclic) bond motifs is 1. The topological polar surface area (TPSA) is 71.9 Å². The first kappa shape index (κ1) is 19.9. The Bertz CT molecular complexity index is 1190. The first-order chi connectivity index (χ1) is 13.9. The summed E-state index contributed by atoms with van der Waals surface area (Å²) in [5.41, 5.74) is 1.80. The lowest BCUT2D eigenvalue weighted by atomic mass is 10.2. The van der Waals surface area contributed by atoms with E-state index in [0.717, 1.165) is 28.3 Å². The SMILES string of the molecule is CCn1c(=O)sc2cc(S(=O)(=O)N3CCN(c4cccc(OC)c4)CC3)ccc21. The van der Waals surface area contributed by atoms with Crippen molar-refractivity contribution in [1.29, 1.82) is 0 Å². The lowest BCUT2D eigenvalue weighted by Crippen LogP contribution is -2.48. The first-order valence-corrected chi connectivity index (χ1v) is 11.7. The first-order valence-electron chi connectivity index (χ1n) is 9.46. The molecule has 3 aromatic rings. The molecule has 1 fully saturated rings. The number of aryl methyl sites for hydroxylation is 1. The van der Waals surface area contributed by atoms with E-state index in [2.05, 4.69) is 4.90 Å². The average Bonchev–Trinajstić information content (AvgIpc) is 3.07. The maximum Gasteiger partial charge on any atom is 0.308 e. The van der Waals surface area contributed by atoms with Gasteiger partial charge in [0.15, 0.2) is 0 Å². The Hall–Kier alpha value is -2.36. The summed E-state index contributed by atoms with van der Waals surface area (Å²) in [7, 11) is -1.97. The summed E-state index contributed by atoms with van der Waals surface area (Å²) in [5, 5.41) is 0. The van der Waals surface area contributed by atoms with Crippen LogP contribution in [0.5, 0.6) is 5.75 Å². The van der Waals surface area contributed by atoms with Gasteiger partial charge in [-0.25, -0.2) is 8.42 Å². The lowest BCUT2D eigenvalue weighted by molar-refractivity contribution is 0.384. The normalized spacial score (nSPS) is 15.7. The number of hydrogen-bond donors (Lipinski definition) is 0. The molecule has 7 nitrogen and oxygen atoms in total. The fourth-order valence-electron chi connectivity index (χ4n) is 3.65. The van der Waals surface area contributed by atoms with Gasteiger partial charge in [0.1, 0.15) is 5.75 Å². The molecule has 0 unspecified atom stereocenters. The molecule has 29 heavy (non-hydrogen) atoms. The van der Waals surface area contributed by atoms with Crippen LogP contribution in [0.2, 0.25) is 0 Å². The van der Waals surface area contributed by atoms with Gasteiger partial charge in [0, 0.05) is 44.5 Å². The standard InChI is InChI=1S/C20H23N3O4S2/c1-3-23-18-8-7-17(14-19(18)28-20(23)24)29(25,26)22-11-9-21(10-12-22)15-5-4-6-16(13-15)27-2/h4-8,13-14H,3,9-12H2,1-2H3. The van der Waals surface area contributed by atoms with E-state index in [1.807, 2.05) is 31.2 Å². The van der Waals surface area contributed by atoms with Crippen molar-refractivity contribution >= 4 is 37.3 Å². The molecule has 0 atom stereocenters. The van der Waals surface area contributed by atoms with Crippen LogP contribution in [-0.2, 0) is 16.6 Å². The van der Waals surface area contributed by atoms with Gasteiger partial charge in [-0.15, -0.1) is 0 Å². The Morgan fingerprint density at radius 2 is 1.83 bits per heavy atom. The van der Waals surface area contributed by atoms with E-state index in [0.29, 0.717) is 37.4 Å². The van der Waals surface area contributed by atoms with Gasteiger partial charge in [-0.1, -0.05) is 17.4 Å². The van der Waals surface area contributed by atoms with Gasteiger partial charge >= 0.3 is 4.87 Å². The van der Waals surface area contributed by atoms with Crippen molar-refractivity contribution in [3.8, 4) is 5.75 Å². The zero-order valence-electron chi connectivity index (χ0n) is 16.4. The number of benzene rings is 2. The van der Waals surface area contributed by atoms with Crippen LogP contribution in [0, 0.1) is 0 Å². The van der Waals surface area contributed by atoms with Crippen molar-refractivity contribution in [1.82, 2.24) is 8.87 Å². The molecule has 154 valence electrons. The van der Waals surface area contributed by atoms with Gasteiger partial charge in [-0.05, 0) is 37.3 Å². The van der Waals surface area contributed by atoms with Crippen LogP contribution in [0.1, 0.15) is 6.92 Å². The van der Waals surface area contributed by atoms with E-state index in [4.69, 9.17) is 4.74 Å². The third kappa shape index (κ3) is 3.65. The minimum absolute atomic E-state index is 0.0658. The summed E-state index contributed by atoms with van der Waals surface area (Å²) < 4.78 is 35.4. The zero-order valence-corrected chi connectivity index (χ0v) is 18.0. The molecule has 2 heterocycles. The van der Waals surface area contributed by atoms with E-state index in [9.17, 15) is 13.2 Å². The van der Waals surface area contributed by atoms with E-state index < -0.39 is 10.0 Å². The second-order valence-electron chi connectivity index (χ2n) is 6.83. The van der Waals surface area contributed by atoms with Gasteiger partial charge in [0.05, 0.1) is 22.2 Å². The highest BCUT2D eigenvalue weighted by Gasteiger charge is 2.29. The Morgan fingerprint density at radius 3 is 2.52 bits per heavy atom. The summed E-state index contributed by atoms with van der Waals surface area (Å²) in [6, 6.07) is 12.7. The number of nitrogens with zero attached hydrogens (tertiary/aromatic N) is 3. The van der Waals surface area contributed by atoms with Crippen molar-refractivity contribution in [2.75, 3.05) is 38.2 Å². The maximum atomic E-state index is 13.1. The zero-order chi connectivity index (χ0) is 20.6. The largest absolute Gasteiger partial charge is 0.497 e. The van der Waals surface area contributed by atoms with E-state index in [1.165, 1.54) is 4.31 Å². The predicted octanol–water partition coefficient (Wildman–Crippen LogP) is 2.60. The molecule has 1 aliphatic rings. The Morgan fingerprint density at radius 1 is 1.07 bits per heavy atom. The molecule has 0 aliphatic carbocycles. The van der Waals surface area contributed by atoms with Crippen LogP contribution in [0.25, 0.3) is 10.2 Å². The van der Waals surface area contributed by atoms with Crippen LogP contribution >= 0.6 is 11.3 Å². The Labute approximate surface area is 173 Å². The fourth-order valence-corrected chi connectivity index (χ4v) is 6.17. The van der Waals surface area contributed by atoms with Crippen molar-refractivity contribution < 1.29 is 13.2 Å². The van der Waals surface area contributed by atoms with E-state index in [1.54, 1.807) is 29.9 Å². The highest BCUT2D eigenvalue weighted by atomic mass is 32.2. The minimum Gasteiger partial charge on any atom is -0.497 e. The number of sulfonamides is 1. The monoisotopic (exact) mass is 433 g/mol. The smallest absolute Gasteiger partial charge is 0.308 e. The van der Waals surface area contributed by atoms with Gasteiger partial charge in [-0.3, -0.25) is 9.36 Å². The molecule has 2 aromatic carbocycles.